The third-order valence-electron chi connectivity index (χ3n) is 1.92. The summed E-state index contributed by atoms with van der Waals surface area (Å²) in [5.41, 5.74) is 1.66. The number of ether oxygens (including phenoxy) is 1. The van der Waals surface area contributed by atoms with Crippen molar-refractivity contribution in [3.05, 3.63) is 34.5 Å². The Balaban J connectivity index is 2.44. The van der Waals surface area contributed by atoms with Gasteiger partial charge >= 0.3 is 0 Å². The number of carbonyl (C=O) groups excluding carboxylic acids is 1. The van der Waals surface area contributed by atoms with E-state index in [0.29, 0.717) is 6.47 Å². The minimum atomic E-state index is 0.243. The van der Waals surface area contributed by atoms with Gasteiger partial charge in [0.1, 0.15) is 12.2 Å². The standard InChI is InChI=1S/C10H7BrO3/c11-8-1-2-10-9(3-8)7(5-14-10)4-13-6-12/h1-3,5-6H,4H2. The molecule has 0 saturated carbocycles. The van der Waals surface area contributed by atoms with Crippen molar-refractivity contribution >= 4 is 33.4 Å². The maximum Gasteiger partial charge on any atom is 0.293 e. The van der Waals surface area contributed by atoms with E-state index in [1.165, 1.54) is 0 Å². The highest BCUT2D eigenvalue weighted by Gasteiger charge is 2.05. The normalized spacial score (nSPS) is 10.4. The molecule has 0 atom stereocenters. The number of rotatable bonds is 3. The third-order valence-corrected chi connectivity index (χ3v) is 2.42. The summed E-state index contributed by atoms with van der Waals surface area (Å²) in [4.78, 5) is 10.0. The quantitative estimate of drug-likeness (QED) is 0.791. The van der Waals surface area contributed by atoms with Crippen molar-refractivity contribution in [2.45, 2.75) is 6.61 Å². The molecule has 0 bridgehead atoms. The van der Waals surface area contributed by atoms with Gasteiger partial charge in [-0.05, 0) is 18.2 Å². The summed E-state index contributed by atoms with van der Waals surface area (Å²) in [5, 5.41) is 0.959. The maximum absolute atomic E-state index is 10.0. The highest BCUT2D eigenvalue weighted by atomic mass is 79.9. The van der Waals surface area contributed by atoms with Crippen LogP contribution in [0.2, 0.25) is 0 Å². The van der Waals surface area contributed by atoms with Crippen LogP contribution < -0.4 is 0 Å². The number of halogens is 1. The highest BCUT2D eigenvalue weighted by molar-refractivity contribution is 9.10. The molecule has 0 amide bonds. The molecule has 0 aliphatic rings. The summed E-state index contributed by atoms with van der Waals surface area (Å²) in [6.45, 7) is 0.670. The fourth-order valence-electron chi connectivity index (χ4n) is 1.29. The minimum absolute atomic E-state index is 0.243. The molecule has 3 nitrogen and oxygen atoms in total. The molecule has 4 heteroatoms. The van der Waals surface area contributed by atoms with Crippen molar-refractivity contribution in [2.24, 2.45) is 0 Å². The van der Waals surface area contributed by atoms with E-state index in [2.05, 4.69) is 20.7 Å². The van der Waals surface area contributed by atoms with Gasteiger partial charge in [-0.3, -0.25) is 4.79 Å². The Bertz CT molecular complexity index is 461. The van der Waals surface area contributed by atoms with E-state index in [1.807, 2.05) is 18.2 Å². The number of fused-ring (bicyclic) bond motifs is 1. The summed E-state index contributed by atoms with van der Waals surface area (Å²) >= 11 is 3.37. The van der Waals surface area contributed by atoms with Gasteiger partial charge in [-0.25, -0.2) is 0 Å². The van der Waals surface area contributed by atoms with E-state index in [1.54, 1.807) is 6.26 Å². The fraction of sp³-hybridized carbons (Fsp3) is 0.100. The topological polar surface area (TPSA) is 39.4 Å². The van der Waals surface area contributed by atoms with Gasteiger partial charge in [0.05, 0.1) is 6.26 Å². The van der Waals surface area contributed by atoms with Gasteiger partial charge in [0, 0.05) is 15.4 Å². The first kappa shape index (κ1) is 9.27. The van der Waals surface area contributed by atoms with Crippen LogP contribution in [-0.4, -0.2) is 6.47 Å². The Morgan fingerprint density at radius 3 is 3.14 bits per heavy atom. The van der Waals surface area contributed by atoms with Crippen LogP contribution in [0.15, 0.2) is 33.4 Å². The molecule has 2 rings (SSSR count). The van der Waals surface area contributed by atoms with Crippen molar-refractivity contribution in [1.29, 1.82) is 0 Å². The molecule has 0 fully saturated rings. The summed E-state index contributed by atoms with van der Waals surface area (Å²) in [6.07, 6.45) is 1.60. The second kappa shape index (κ2) is 3.84. The Labute approximate surface area is 88.8 Å². The molecule has 0 N–H and O–H groups in total. The Hall–Kier alpha value is -1.29. The lowest BCUT2D eigenvalue weighted by Crippen LogP contribution is -1.87. The Morgan fingerprint density at radius 2 is 2.36 bits per heavy atom. The van der Waals surface area contributed by atoms with E-state index >= 15 is 0 Å². The lowest BCUT2D eigenvalue weighted by Gasteiger charge is -1.95. The van der Waals surface area contributed by atoms with E-state index in [0.717, 1.165) is 21.0 Å². The molecule has 0 aliphatic heterocycles. The second-order valence-electron chi connectivity index (χ2n) is 2.81. The molecule has 72 valence electrons. The molecular formula is C10H7BrO3. The van der Waals surface area contributed by atoms with Crippen molar-refractivity contribution in [3.63, 3.8) is 0 Å². The molecule has 14 heavy (non-hydrogen) atoms. The molecule has 1 heterocycles. The monoisotopic (exact) mass is 254 g/mol. The lowest BCUT2D eigenvalue weighted by molar-refractivity contribution is -0.129. The first-order chi connectivity index (χ1) is 6.81. The van der Waals surface area contributed by atoms with Gasteiger partial charge in [0.15, 0.2) is 0 Å². The Kier molecular flexibility index (Phi) is 2.54. The number of carbonyl (C=O) groups is 1. The zero-order valence-electron chi connectivity index (χ0n) is 7.20. The molecule has 0 unspecified atom stereocenters. The van der Waals surface area contributed by atoms with Crippen LogP contribution >= 0.6 is 15.9 Å². The molecule has 1 aromatic carbocycles. The van der Waals surface area contributed by atoms with E-state index in [9.17, 15) is 4.79 Å². The maximum atomic E-state index is 10.0. The van der Waals surface area contributed by atoms with Crippen LogP contribution in [0.4, 0.5) is 0 Å². The zero-order chi connectivity index (χ0) is 9.97. The molecule has 0 radical (unpaired) electrons. The number of hydrogen-bond donors (Lipinski definition) is 0. The average Bonchev–Trinajstić information content (AvgIpc) is 2.57. The predicted molar refractivity (Wildman–Crippen MR) is 54.8 cm³/mol. The van der Waals surface area contributed by atoms with Crippen LogP contribution in [0.3, 0.4) is 0 Å². The largest absolute Gasteiger partial charge is 0.464 e. The highest BCUT2D eigenvalue weighted by Crippen LogP contribution is 2.25. The van der Waals surface area contributed by atoms with E-state index in [-0.39, 0.29) is 6.61 Å². The number of furan rings is 1. The first-order valence-electron chi connectivity index (χ1n) is 4.02. The molecule has 0 spiro atoms. The fourth-order valence-corrected chi connectivity index (χ4v) is 1.65. The van der Waals surface area contributed by atoms with Gasteiger partial charge in [-0.2, -0.15) is 0 Å². The summed E-state index contributed by atoms with van der Waals surface area (Å²) < 4.78 is 10.9. The van der Waals surface area contributed by atoms with Crippen molar-refractivity contribution in [1.82, 2.24) is 0 Å². The predicted octanol–water partition coefficient (Wildman–Crippen LogP) is 2.87. The van der Waals surface area contributed by atoms with E-state index in [4.69, 9.17) is 4.42 Å². The number of benzene rings is 1. The van der Waals surface area contributed by atoms with E-state index < -0.39 is 0 Å². The Morgan fingerprint density at radius 1 is 1.50 bits per heavy atom. The van der Waals surface area contributed by atoms with Crippen LogP contribution in [0.25, 0.3) is 11.0 Å². The molecule has 1 aromatic heterocycles. The van der Waals surface area contributed by atoms with Gasteiger partial charge in [-0.15, -0.1) is 0 Å². The zero-order valence-corrected chi connectivity index (χ0v) is 8.78. The van der Waals surface area contributed by atoms with Gasteiger partial charge in [-0.1, -0.05) is 15.9 Å². The molecule has 0 aliphatic carbocycles. The summed E-state index contributed by atoms with van der Waals surface area (Å²) in [5.74, 6) is 0. The second-order valence-corrected chi connectivity index (χ2v) is 3.72. The van der Waals surface area contributed by atoms with Gasteiger partial charge in [0.25, 0.3) is 6.47 Å². The molecular weight excluding hydrogens is 248 g/mol. The molecule has 2 aromatic rings. The lowest BCUT2D eigenvalue weighted by atomic mass is 10.2. The minimum Gasteiger partial charge on any atom is -0.464 e. The molecule has 0 saturated heterocycles. The smallest absolute Gasteiger partial charge is 0.293 e. The van der Waals surface area contributed by atoms with Gasteiger partial charge in [0.2, 0.25) is 0 Å². The van der Waals surface area contributed by atoms with Crippen LogP contribution in [0.1, 0.15) is 5.56 Å². The van der Waals surface area contributed by atoms with Crippen molar-refractivity contribution in [2.75, 3.05) is 0 Å². The van der Waals surface area contributed by atoms with Gasteiger partial charge < -0.3 is 9.15 Å². The third kappa shape index (κ3) is 1.65. The van der Waals surface area contributed by atoms with Crippen molar-refractivity contribution in [3.8, 4) is 0 Å². The van der Waals surface area contributed by atoms with Crippen LogP contribution in [-0.2, 0) is 16.1 Å². The summed E-state index contributed by atoms with van der Waals surface area (Å²) in [7, 11) is 0. The first-order valence-corrected chi connectivity index (χ1v) is 4.81. The summed E-state index contributed by atoms with van der Waals surface area (Å²) in [6, 6.07) is 5.70. The average molecular weight is 255 g/mol. The van der Waals surface area contributed by atoms with Crippen LogP contribution in [0.5, 0.6) is 0 Å². The van der Waals surface area contributed by atoms with Crippen molar-refractivity contribution < 1.29 is 13.9 Å². The SMILES string of the molecule is O=COCc1coc2ccc(Br)cc12. The number of hydrogen-bond acceptors (Lipinski definition) is 3. The van der Waals surface area contributed by atoms with Crippen LogP contribution in [0, 0.1) is 0 Å².